The lowest BCUT2D eigenvalue weighted by Crippen LogP contribution is -2.47. The molecule has 0 saturated carbocycles. The van der Waals surface area contributed by atoms with Crippen LogP contribution in [0.3, 0.4) is 0 Å². The van der Waals surface area contributed by atoms with Gasteiger partial charge in [-0.05, 0) is 27.7 Å². The molecule has 0 aromatic rings. The molecular formula is C15H25NO7. The molecule has 0 radical (unpaired) electrons. The molecule has 5 atom stereocenters. The first kappa shape index (κ1) is 17.1. The SMILES string of the molecule is COC(=O)[C@@H]1C[C@@H]([C@H]2OC(C)(C)O[C@@H]2[C@H]2COC(C)(C)O2)NO1. The molecule has 1 N–H and O–H groups in total. The monoisotopic (exact) mass is 331 g/mol. The van der Waals surface area contributed by atoms with Gasteiger partial charge in [0.05, 0.1) is 19.8 Å². The zero-order valence-electron chi connectivity index (χ0n) is 14.2. The van der Waals surface area contributed by atoms with Crippen LogP contribution in [-0.4, -0.2) is 61.7 Å². The lowest BCUT2D eigenvalue weighted by atomic mass is 9.98. The first-order chi connectivity index (χ1) is 10.7. The molecule has 0 bridgehead atoms. The highest BCUT2D eigenvalue weighted by atomic mass is 16.8. The van der Waals surface area contributed by atoms with E-state index in [4.69, 9.17) is 28.5 Å². The molecule has 3 heterocycles. The van der Waals surface area contributed by atoms with Crippen molar-refractivity contribution >= 4 is 5.97 Å². The van der Waals surface area contributed by atoms with E-state index in [0.29, 0.717) is 13.0 Å². The van der Waals surface area contributed by atoms with Crippen molar-refractivity contribution in [3.8, 4) is 0 Å². The molecule has 0 unspecified atom stereocenters. The van der Waals surface area contributed by atoms with Gasteiger partial charge in [-0.3, -0.25) is 4.84 Å². The normalized spacial score (nSPS) is 42.0. The van der Waals surface area contributed by atoms with Crippen LogP contribution in [0.4, 0.5) is 0 Å². The number of carbonyl (C=O) groups is 1. The number of nitrogens with one attached hydrogen (secondary N) is 1. The molecule has 3 rings (SSSR count). The van der Waals surface area contributed by atoms with Crippen molar-refractivity contribution in [3.63, 3.8) is 0 Å². The summed E-state index contributed by atoms with van der Waals surface area (Å²) in [7, 11) is 1.34. The minimum atomic E-state index is -0.740. The Kier molecular flexibility index (Phi) is 4.41. The molecule has 0 amide bonds. The van der Waals surface area contributed by atoms with Crippen LogP contribution >= 0.6 is 0 Å². The van der Waals surface area contributed by atoms with E-state index in [1.165, 1.54) is 7.11 Å². The van der Waals surface area contributed by atoms with E-state index in [1.807, 2.05) is 27.7 Å². The molecule has 3 aliphatic rings. The van der Waals surface area contributed by atoms with Crippen LogP contribution in [0.5, 0.6) is 0 Å². The summed E-state index contributed by atoms with van der Waals surface area (Å²) < 4.78 is 28.4. The molecule has 132 valence electrons. The minimum absolute atomic E-state index is 0.196. The van der Waals surface area contributed by atoms with E-state index in [2.05, 4.69) is 5.48 Å². The average Bonchev–Trinajstić information content (AvgIpc) is 3.14. The van der Waals surface area contributed by atoms with Gasteiger partial charge in [0.25, 0.3) is 0 Å². The topological polar surface area (TPSA) is 84.5 Å². The zero-order chi connectivity index (χ0) is 16.8. The fraction of sp³-hybridized carbons (Fsp3) is 0.933. The third kappa shape index (κ3) is 3.52. The molecule has 8 nitrogen and oxygen atoms in total. The molecule has 3 aliphatic heterocycles. The zero-order valence-corrected chi connectivity index (χ0v) is 14.2. The number of hydrogen-bond donors (Lipinski definition) is 1. The van der Waals surface area contributed by atoms with Gasteiger partial charge in [-0.2, -0.15) is 5.48 Å². The van der Waals surface area contributed by atoms with Crippen molar-refractivity contribution in [2.75, 3.05) is 13.7 Å². The quantitative estimate of drug-likeness (QED) is 0.748. The molecular weight excluding hydrogens is 306 g/mol. The Labute approximate surface area is 135 Å². The molecule has 3 saturated heterocycles. The number of hydroxylamine groups is 1. The van der Waals surface area contributed by atoms with Gasteiger partial charge < -0.3 is 23.7 Å². The van der Waals surface area contributed by atoms with E-state index in [9.17, 15) is 4.79 Å². The van der Waals surface area contributed by atoms with Gasteiger partial charge >= 0.3 is 5.97 Å². The maximum absolute atomic E-state index is 11.6. The predicted molar refractivity (Wildman–Crippen MR) is 77.2 cm³/mol. The predicted octanol–water partition coefficient (Wildman–Crippen LogP) is 0.493. The number of ether oxygens (including phenoxy) is 5. The van der Waals surface area contributed by atoms with Crippen molar-refractivity contribution in [2.24, 2.45) is 0 Å². The number of rotatable bonds is 3. The maximum Gasteiger partial charge on any atom is 0.337 e. The average molecular weight is 331 g/mol. The number of hydrogen-bond acceptors (Lipinski definition) is 8. The van der Waals surface area contributed by atoms with Gasteiger partial charge in [0.15, 0.2) is 17.7 Å². The highest BCUT2D eigenvalue weighted by Gasteiger charge is 2.54. The molecule has 0 spiro atoms. The largest absolute Gasteiger partial charge is 0.467 e. The second-order valence-corrected chi connectivity index (χ2v) is 7.02. The van der Waals surface area contributed by atoms with Crippen LogP contribution in [0.1, 0.15) is 34.1 Å². The minimum Gasteiger partial charge on any atom is -0.467 e. The Morgan fingerprint density at radius 3 is 2.39 bits per heavy atom. The summed E-state index contributed by atoms with van der Waals surface area (Å²) >= 11 is 0. The Balaban J connectivity index is 1.70. The number of methoxy groups -OCH3 is 1. The van der Waals surface area contributed by atoms with Gasteiger partial charge in [-0.25, -0.2) is 4.79 Å². The maximum atomic E-state index is 11.6. The standard InChI is InChI=1S/C15H25NO7/c1-14(2)19-7-10(20-14)12-11(21-15(3,4)22-12)8-6-9(23-16-8)13(17)18-5/h8-12,16H,6-7H2,1-5H3/t8-,9-,10+,11+,12+/m0/s1. The molecule has 3 fully saturated rings. The lowest BCUT2D eigenvalue weighted by molar-refractivity contribution is -0.175. The van der Waals surface area contributed by atoms with Crippen LogP contribution in [0.15, 0.2) is 0 Å². The Bertz CT molecular complexity index is 467. The van der Waals surface area contributed by atoms with Crippen LogP contribution in [-0.2, 0) is 33.3 Å². The number of carbonyl (C=O) groups excluding carboxylic acids is 1. The fourth-order valence-corrected chi connectivity index (χ4v) is 3.27. The molecule has 23 heavy (non-hydrogen) atoms. The first-order valence-corrected chi connectivity index (χ1v) is 7.87. The van der Waals surface area contributed by atoms with Gasteiger partial charge in [-0.15, -0.1) is 0 Å². The summed E-state index contributed by atoms with van der Waals surface area (Å²) in [5.74, 6) is -1.79. The summed E-state index contributed by atoms with van der Waals surface area (Å²) in [6, 6.07) is -0.196. The second-order valence-electron chi connectivity index (χ2n) is 7.02. The van der Waals surface area contributed by atoms with E-state index in [1.54, 1.807) is 0 Å². The summed E-state index contributed by atoms with van der Waals surface area (Å²) in [6.07, 6.45) is -1.07. The van der Waals surface area contributed by atoms with Crippen molar-refractivity contribution in [3.05, 3.63) is 0 Å². The second kappa shape index (κ2) is 5.94. The van der Waals surface area contributed by atoms with Gasteiger partial charge in [0.1, 0.15) is 18.3 Å². The van der Waals surface area contributed by atoms with E-state index in [0.717, 1.165) is 0 Å². The molecule has 0 aliphatic carbocycles. The van der Waals surface area contributed by atoms with Crippen LogP contribution in [0.2, 0.25) is 0 Å². The van der Waals surface area contributed by atoms with Crippen molar-refractivity contribution in [1.29, 1.82) is 0 Å². The third-order valence-corrected chi connectivity index (χ3v) is 4.25. The van der Waals surface area contributed by atoms with Gasteiger partial charge in [0, 0.05) is 6.42 Å². The summed E-state index contributed by atoms with van der Waals surface area (Å²) in [4.78, 5) is 16.9. The van der Waals surface area contributed by atoms with Crippen LogP contribution in [0.25, 0.3) is 0 Å². The van der Waals surface area contributed by atoms with Crippen molar-refractivity contribution < 1.29 is 33.3 Å². The summed E-state index contributed by atoms with van der Waals surface area (Å²) in [5.41, 5.74) is 2.87. The highest BCUT2D eigenvalue weighted by molar-refractivity contribution is 5.74. The van der Waals surface area contributed by atoms with Gasteiger partial charge in [-0.1, -0.05) is 0 Å². The molecule has 0 aromatic carbocycles. The Morgan fingerprint density at radius 2 is 1.78 bits per heavy atom. The van der Waals surface area contributed by atoms with Crippen LogP contribution < -0.4 is 5.48 Å². The van der Waals surface area contributed by atoms with Crippen molar-refractivity contribution in [2.45, 2.75) is 76.1 Å². The summed E-state index contributed by atoms with van der Waals surface area (Å²) in [6.45, 7) is 7.88. The highest BCUT2D eigenvalue weighted by Crippen LogP contribution is 2.38. The number of esters is 1. The smallest absolute Gasteiger partial charge is 0.337 e. The molecule has 8 heteroatoms. The first-order valence-electron chi connectivity index (χ1n) is 7.87. The van der Waals surface area contributed by atoms with E-state index in [-0.39, 0.29) is 24.4 Å². The van der Waals surface area contributed by atoms with Crippen molar-refractivity contribution in [1.82, 2.24) is 5.48 Å². The summed E-state index contributed by atoms with van der Waals surface area (Å²) in [5, 5.41) is 0. The lowest BCUT2D eigenvalue weighted by Gasteiger charge is -2.26. The van der Waals surface area contributed by atoms with Crippen LogP contribution in [0, 0.1) is 0 Å². The Hall–Kier alpha value is -0.770. The van der Waals surface area contributed by atoms with Gasteiger partial charge in [0.2, 0.25) is 0 Å². The third-order valence-electron chi connectivity index (χ3n) is 4.25. The fourth-order valence-electron chi connectivity index (χ4n) is 3.27. The molecule has 0 aromatic heterocycles. The van der Waals surface area contributed by atoms with E-state index >= 15 is 0 Å². The van der Waals surface area contributed by atoms with E-state index < -0.39 is 23.6 Å². The Morgan fingerprint density at radius 1 is 1.09 bits per heavy atom.